The number of ether oxygens (including phenoxy) is 1. The second-order valence-corrected chi connectivity index (χ2v) is 3.89. The van der Waals surface area contributed by atoms with Crippen molar-refractivity contribution in [2.45, 2.75) is 6.92 Å². The minimum absolute atomic E-state index is 0.0459. The van der Waals surface area contributed by atoms with Crippen molar-refractivity contribution in [1.29, 1.82) is 0 Å². The van der Waals surface area contributed by atoms with Gasteiger partial charge in [-0.2, -0.15) is 0 Å². The van der Waals surface area contributed by atoms with Crippen LogP contribution < -0.4 is 4.74 Å². The van der Waals surface area contributed by atoms with Crippen LogP contribution in [0, 0.1) is 17.0 Å². The van der Waals surface area contributed by atoms with Gasteiger partial charge in [0.25, 0.3) is 5.69 Å². The Morgan fingerprint density at radius 2 is 2.06 bits per heavy atom. The molecule has 2 aromatic rings. The number of nitro groups is 1. The van der Waals surface area contributed by atoms with Crippen molar-refractivity contribution in [3.8, 4) is 11.6 Å². The third-order valence-electron chi connectivity index (χ3n) is 2.19. The van der Waals surface area contributed by atoms with E-state index in [-0.39, 0.29) is 16.7 Å². The lowest BCUT2D eigenvalue weighted by Crippen LogP contribution is -1.94. The van der Waals surface area contributed by atoms with Gasteiger partial charge in [-0.1, -0.05) is 11.6 Å². The molecule has 0 spiro atoms. The molecule has 0 bridgehead atoms. The zero-order chi connectivity index (χ0) is 13.1. The number of benzene rings is 1. The van der Waals surface area contributed by atoms with E-state index >= 15 is 0 Å². The Morgan fingerprint density at radius 1 is 1.28 bits per heavy atom. The van der Waals surface area contributed by atoms with Crippen LogP contribution in [0.25, 0.3) is 0 Å². The van der Waals surface area contributed by atoms with Crippen molar-refractivity contribution in [3.05, 3.63) is 51.2 Å². The van der Waals surface area contributed by atoms with E-state index in [0.29, 0.717) is 11.3 Å². The quantitative estimate of drug-likeness (QED) is 0.629. The number of hydrogen-bond donors (Lipinski definition) is 0. The largest absolute Gasteiger partial charge is 0.438 e. The minimum Gasteiger partial charge on any atom is -0.438 e. The highest BCUT2D eigenvalue weighted by Crippen LogP contribution is 2.26. The number of nitro benzene ring substituents is 1. The summed E-state index contributed by atoms with van der Waals surface area (Å²) in [6.45, 7) is 1.64. The summed E-state index contributed by atoms with van der Waals surface area (Å²) < 4.78 is 5.39. The maximum absolute atomic E-state index is 10.7. The lowest BCUT2D eigenvalue weighted by atomic mass is 10.2. The van der Waals surface area contributed by atoms with Gasteiger partial charge in [-0.15, -0.1) is 10.2 Å². The Labute approximate surface area is 107 Å². The third kappa shape index (κ3) is 2.72. The van der Waals surface area contributed by atoms with Crippen LogP contribution in [-0.4, -0.2) is 15.1 Å². The van der Waals surface area contributed by atoms with Gasteiger partial charge in [-0.25, -0.2) is 0 Å². The van der Waals surface area contributed by atoms with Gasteiger partial charge in [0, 0.05) is 17.7 Å². The normalized spacial score (nSPS) is 10.1. The average molecular weight is 266 g/mol. The molecule has 1 heterocycles. The van der Waals surface area contributed by atoms with Crippen LogP contribution >= 0.6 is 11.6 Å². The molecule has 0 fully saturated rings. The first-order chi connectivity index (χ1) is 8.56. The Hall–Kier alpha value is -2.21. The number of nitrogens with zero attached hydrogens (tertiary/aromatic N) is 3. The van der Waals surface area contributed by atoms with Gasteiger partial charge in [0.15, 0.2) is 5.15 Å². The summed E-state index contributed by atoms with van der Waals surface area (Å²) in [6.07, 6.45) is 0. The molecule has 92 valence electrons. The van der Waals surface area contributed by atoms with Gasteiger partial charge in [0.2, 0.25) is 5.88 Å². The van der Waals surface area contributed by atoms with E-state index in [1.165, 1.54) is 12.1 Å². The minimum atomic E-state index is -0.443. The van der Waals surface area contributed by atoms with E-state index in [1.54, 1.807) is 25.1 Å². The summed E-state index contributed by atoms with van der Waals surface area (Å²) in [5.41, 5.74) is 0.559. The zero-order valence-electron chi connectivity index (χ0n) is 9.33. The SMILES string of the molecule is Cc1cc(Oc2ccc(Cl)nn2)ccc1[N+](=O)[O-]. The molecule has 0 unspecified atom stereocenters. The number of halogens is 1. The van der Waals surface area contributed by atoms with E-state index in [0.717, 1.165) is 0 Å². The lowest BCUT2D eigenvalue weighted by Gasteiger charge is -2.04. The van der Waals surface area contributed by atoms with Gasteiger partial charge < -0.3 is 4.74 Å². The van der Waals surface area contributed by atoms with Crippen LogP contribution in [0.4, 0.5) is 5.69 Å². The van der Waals surface area contributed by atoms with Crippen LogP contribution in [0.1, 0.15) is 5.56 Å². The molecular formula is C11H8ClN3O3. The maximum atomic E-state index is 10.7. The molecule has 0 aliphatic carbocycles. The highest BCUT2D eigenvalue weighted by atomic mass is 35.5. The second kappa shape index (κ2) is 4.97. The van der Waals surface area contributed by atoms with Crippen LogP contribution in [0.5, 0.6) is 11.6 Å². The molecule has 0 aliphatic heterocycles. The fourth-order valence-electron chi connectivity index (χ4n) is 1.38. The molecule has 6 nitrogen and oxygen atoms in total. The van der Waals surface area contributed by atoms with E-state index in [2.05, 4.69) is 10.2 Å². The number of aryl methyl sites for hydroxylation is 1. The Kier molecular flexibility index (Phi) is 3.38. The van der Waals surface area contributed by atoms with Gasteiger partial charge in [0.05, 0.1) is 4.92 Å². The first-order valence-electron chi connectivity index (χ1n) is 4.98. The molecule has 7 heteroatoms. The van der Waals surface area contributed by atoms with Crippen molar-refractivity contribution >= 4 is 17.3 Å². The van der Waals surface area contributed by atoms with Crippen molar-refractivity contribution in [3.63, 3.8) is 0 Å². The smallest absolute Gasteiger partial charge is 0.272 e. The number of rotatable bonds is 3. The zero-order valence-corrected chi connectivity index (χ0v) is 10.1. The van der Waals surface area contributed by atoms with Gasteiger partial charge in [-0.05, 0) is 25.1 Å². The average Bonchev–Trinajstić information content (AvgIpc) is 2.32. The molecule has 1 aromatic carbocycles. The molecule has 0 saturated heterocycles. The van der Waals surface area contributed by atoms with E-state index in [9.17, 15) is 10.1 Å². The molecule has 0 amide bonds. The summed E-state index contributed by atoms with van der Waals surface area (Å²) in [5.74, 6) is 0.724. The molecule has 0 radical (unpaired) electrons. The fourth-order valence-corrected chi connectivity index (χ4v) is 1.48. The Bertz CT molecular complexity index is 587. The van der Waals surface area contributed by atoms with Gasteiger partial charge in [-0.3, -0.25) is 10.1 Å². The standard InChI is InChI=1S/C11H8ClN3O3/c1-7-6-8(2-3-9(7)15(16)17)18-11-5-4-10(12)13-14-11/h2-6H,1H3. The molecule has 0 atom stereocenters. The topological polar surface area (TPSA) is 78.2 Å². The van der Waals surface area contributed by atoms with Crippen molar-refractivity contribution in [1.82, 2.24) is 10.2 Å². The lowest BCUT2D eigenvalue weighted by molar-refractivity contribution is -0.385. The van der Waals surface area contributed by atoms with E-state index < -0.39 is 4.92 Å². The van der Waals surface area contributed by atoms with E-state index in [4.69, 9.17) is 16.3 Å². The highest BCUT2D eigenvalue weighted by molar-refractivity contribution is 6.29. The van der Waals surface area contributed by atoms with Gasteiger partial charge >= 0.3 is 0 Å². The summed E-state index contributed by atoms with van der Waals surface area (Å²) in [4.78, 5) is 10.2. The molecule has 18 heavy (non-hydrogen) atoms. The van der Waals surface area contributed by atoms with Crippen LogP contribution in [0.15, 0.2) is 30.3 Å². The summed E-state index contributed by atoms with van der Waals surface area (Å²) in [5, 5.41) is 18.3. The number of aromatic nitrogens is 2. The summed E-state index contributed by atoms with van der Waals surface area (Å²) >= 11 is 5.59. The molecule has 1 aromatic heterocycles. The van der Waals surface area contributed by atoms with E-state index in [1.807, 2.05) is 0 Å². The van der Waals surface area contributed by atoms with Crippen LogP contribution in [0.3, 0.4) is 0 Å². The molecule has 2 rings (SSSR count). The van der Waals surface area contributed by atoms with Crippen LogP contribution in [-0.2, 0) is 0 Å². The van der Waals surface area contributed by atoms with Crippen molar-refractivity contribution < 1.29 is 9.66 Å². The fraction of sp³-hybridized carbons (Fsp3) is 0.0909. The summed E-state index contributed by atoms with van der Waals surface area (Å²) in [7, 11) is 0. The Balaban J connectivity index is 2.22. The number of hydrogen-bond acceptors (Lipinski definition) is 5. The second-order valence-electron chi connectivity index (χ2n) is 3.50. The Morgan fingerprint density at radius 3 is 2.61 bits per heavy atom. The van der Waals surface area contributed by atoms with Crippen LogP contribution in [0.2, 0.25) is 5.15 Å². The highest BCUT2D eigenvalue weighted by Gasteiger charge is 2.11. The first kappa shape index (κ1) is 12.3. The van der Waals surface area contributed by atoms with Crippen molar-refractivity contribution in [2.24, 2.45) is 0 Å². The first-order valence-corrected chi connectivity index (χ1v) is 5.36. The van der Waals surface area contributed by atoms with Gasteiger partial charge in [0.1, 0.15) is 5.75 Å². The summed E-state index contributed by atoms with van der Waals surface area (Å²) in [6, 6.07) is 7.55. The predicted octanol–water partition coefficient (Wildman–Crippen LogP) is 3.14. The third-order valence-corrected chi connectivity index (χ3v) is 2.40. The van der Waals surface area contributed by atoms with Crippen molar-refractivity contribution in [2.75, 3.05) is 0 Å². The predicted molar refractivity (Wildman–Crippen MR) is 64.9 cm³/mol. The molecule has 0 aliphatic rings. The maximum Gasteiger partial charge on any atom is 0.272 e. The monoisotopic (exact) mass is 265 g/mol. The molecule has 0 saturated carbocycles. The molecule has 0 N–H and O–H groups in total. The molecular weight excluding hydrogens is 258 g/mol.